The van der Waals surface area contributed by atoms with E-state index in [-0.39, 0.29) is 17.7 Å². The molecule has 5 heteroatoms. The third kappa shape index (κ3) is 2.57. The highest BCUT2D eigenvalue weighted by molar-refractivity contribution is 9.08. The monoisotopic (exact) mass is 299 g/mol. The van der Waals surface area contributed by atoms with E-state index in [1.165, 1.54) is 0 Å². The number of carbonyl (C=O) groups excluding carboxylic acids is 1. The van der Waals surface area contributed by atoms with Crippen LogP contribution in [-0.4, -0.2) is 12.6 Å². The fourth-order valence-electron chi connectivity index (χ4n) is 1.23. The summed E-state index contributed by atoms with van der Waals surface area (Å²) in [6, 6.07) is 5.32. The molecule has 0 saturated heterocycles. The first kappa shape index (κ1) is 13.1. The molecule has 0 radical (unpaired) electrons. The van der Waals surface area contributed by atoms with Crippen LogP contribution in [-0.2, 0) is 10.1 Å². The number of benzene rings is 1. The van der Waals surface area contributed by atoms with Gasteiger partial charge < -0.3 is 4.74 Å². The molecule has 1 rings (SSSR count). The number of nitriles is 1. The first-order chi connectivity index (χ1) is 7.65. The quantitative estimate of drug-likeness (QED) is 0.530. The molecular formula is C11H10BrNO2S. The maximum absolute atomic E-state index is 11.6. The van der Waals surface area contributed by atoms with Crippen molar-refractivity contribution in [3.05, 3.63) is 28.8 Å². The molecule has 0 fully saturated rings. The highest BCUT2D eigenvalue weighted by Gasteiger charge is 2.16. The van der Waals surface area contributed by atoms with Crippen molar-refractivity contribution in [1.29, 1.82) is 5.26 Å². The predicted octanol–water partition coefficient (Wildman–Crippen LogP) is 2.92. The summed E-state index contributed by atoms with van der Waals surface area (Å²) in [6.07, 6.45) is 0. The normalized spacial score (nSPS) is 9.62. The van der Waals surface area contributed by atoms with Crippen molar-refractivity contribution < 1.29 is 9.53 Å². The van der Waals surface area contributed by atoms with E-state index in [9.17, 15) is 4.79 Å². The van der Waals surface area contributed by atoms with Crippen LogP contribution in [0, 0.1) is 11.3 Å². The van der Waals surface area contributed by atoms with Crippen molar-refractivity contribution in [3.8, 4) is 6.07 Å². The van der Waals surface area contributed by atoms with Crippen molar-refractivity contribution in [3.63, 3.8) is 0 Å². The van der Waals surface area contributed by atoms with Crippen molar-refractivity contribution in [2.75, 3.05) is 6.61 Å². The number of halogens is 1. The second-order valence-electron chi connectivity index (χ2n) is 2.96. The van der Waals surface area contributed by atoms with Gasteiger partial charge in [0.25, 0.3) is 0 Å². The Kier molecular flexibility index (Phi) is 4.84. The van der Waals surface area contributed by atoms with Gasteiger partial charge >= 0.3 is 5.97 Å². The summed E-state index contributed by atoms with van der Waals surface area (Å²) in [5.41, 5.74) is 1.39. The first-order valence-electron chi connectivity index (χ1n) is 4.63. The van der Waals surface area contributed by atoms with Gasteiger partial charge in [0.1, 0.15) is 6.07 Å². The molecule has 3 nitrogen and oxygen atoms in total. The Morgan fingerprint density at radius 2 is 2.31 bits per heavy atom. The van der Waals surface area contributed by atoms with Gasteiger partial charge in [-0.25, -0.2) is 4.79 Å². The molecule has 0 aliphatic carbocycles. The van der Waals surface area contributed by atoms with Gasteiger partial charge in [-0.15, -0.1) is 12.6 Å². The van der Waals surface area contributed by atoms with Gasteiger partial charge in [0.15, 0.2) is 0 Å². The van der Waals surface area contributed by atoms with Crippen molar-refractivity contribution in [2.45, 2.75) is 17.1 Å². The van der Waals surface area contributed by atoms with E-state index in [1.807, 2.05) is 6.07 Å². The molecule has 0 bridgehead atoms. The molecule has 0 aromatic heterocycles. The average molecular weight is 300 g/mol. The van der Waals surface area contributed by atoms with Crippen LogP contribution in [0.5, 0.6) is 0 Å². The Bertz CT molecular complexity index is 454. The Labute approximate surface area is 108 Å². The number of hydrogen-bond acceptors (Lipinski definition) is 4. The molecule has 1 aromatic carbocycles. The van der Waals surface area contributed by atoms with E-state index in [4.69, 9.17) is 10.00 Å². The Morgan fingerprint density at radius 3 is 2.81 bits per heavy atom. The number of ether oxygens (including phenoxy) is 1. The topological polar surface area (TPSA) is 50.1 Å². The van der Waals surface area contributed by atoms with Crippen molar-refractivity contribution in [1.82, 2.24) is 0 Å². The molecule has 0 aliphatic rings. The molecule has 0 amide bonds. The van der Waals surface area contributed by atoms with Gasteiger partial charge in [-0.05, 0) is 18.6 Å². The van der Waals surface area contributed by atoms with Crippen LogP contribution in [0.2, 0.25) is 0 Å². The summed E-state index contributed by atoms with van der Waals surface area (Å²) in [4.78, 5) is 12.1. The van der Waals surface area contributed by atoms with Crippen LogP contribution in [0.15, 0.2) is 17.0 Å². The largest absolute Gasteiger partial charge is 0.462 e. The molecule has 0 N–H and O–H groups in total. The average Bonchev–Trinajstić information content (AvgIpc) is 2.28. The number of nitrogens with zero attached hydrogens (tertiary/aromatic N) is 1. The van der Waals surface area contributed by atoms with Gasteiger partial charge in [0, 0.05) is 10.2 Å². The van der Waals surface area contributed by atoms with Crippen molar-refractivity contribution in [2.24, 2.45) is 0 Å². The van der Waals surface area contributed by atoms with E-state index in [1.54, 1.807) is 19.1 Å². The Balaban J connectivity index is 3.27. The van der Waals surface area contributed by atoms with E-state index in [0.717, 1.165) is 5.56 Å². The van der Waals surface area contributed by atoms with Crippen LogP contribution in [0.1, 0.15) is 28.4 Å². The van der Waals surface area contributed by atoms with Crippen LogP contribution in [0.25, 0.3) is 0 Å². The second kappa shape index (κ2) is 5.92. The summed E-state index contributed by atoms with van der Waals surface area (Å²) in [6.45, 7) is 2.00. The van der Waals surface area contributed by atoms with Gasteiger partial charge in [-0.2, -0.15) is 5.26 Å². The minimum Gasteiger partial charge on any atom is -0.462 e. The number of hydrogen-bond donors (Lipinski definition) is 1. The van der Waals surface area contributed by atoms with Crippen LogP contribution in [0.3, 0.4) is 0 Å². The summed E-state index contributed by atoms with van der Waals surface area (Å²) in [5.74, 6) is -0.490. The Morgan fingerprint density at radius 1 is 1.62 bits per heavy atom. The van der Waals surface area contributed by atoms with Crippen LogP contribution < -0.4 is 0 Å². The number of rotatable bonds is 3. The maximum Gasteiger partial charge on any atom is 0.339 e. The highest BCUT2D eigenvalue weighted by atomic mass is 79.9. The van der Waals surface area contributed by atoms with E-state index in [0.29, 0.717) is 10.2 Å². The summed E-state index contributed by atoms with van der Waals surface area (Å²) in [7, 11) is 0. The standard InChI is InChI=1S/C11H10BrNO2S/c1-2-15-11(14)8-4-3-7(5-12)10(16)9(8)6-13/h3-4,16H,2,5H2,1H3. The highest BCUT2D eigenvalue weighted by Crippen LogP contribution is 2.24. The third-order valence-electron chi connectivity index (χ3n) is 2.01. The predicted molar refractivity (Wildman–Crippen MR) is 67.0 cm³/mol. The van der Waals surface area contributed by atoms with Gasteiger partial charge in [0.05, 0.1) is 17.7 Å². The fourth-order valence-corrected chi connectivity index (χ4v) is 2.24. The number of alkyl halides is 1. The van der Waals surface area contributed by atoms with Gasteiger partial charge in [-0.1, -0.05) is 22.0 Å². The summed E-state index contributed by atoms with van der Waals surface area (Å²) in [5, 5.41) is 9.60. The lowest BCUT2D eigenvalue weighted by molar-refractivity contribution is 0.0525. The molecule has 16 heavy (non-hydrogen) atoms. The zero-order chi connectivity index (χ0) is 12.1. The molecule has 0 saturated carbocycles. The molecule has 0 unspecified atom stereocenters. The molecule has 0 spiro atoms. The zero-order valence-corrected chi connectivity index (χ0v) is 11.1. The number of carbonyl (C=O) groups is 1. The zero-order valence-electron chi connectivity index (χ0n) is 8.66. The lowest BCUT2D eigenvalue weighted by Gasteiger charge is -2.08. The molecule has 84 valence electrons. The lowest BCUT2D eigenvalue weighted by Crippen LogP contribution is -2.08. The minimum atomic E-state index is -0.490. The third-order valence-corrected chi connectivity index (χ3v) is 3.13. The maximum atomic E-state index is 11.6. The fraction of sp³-hybridized carbons (Fsp3) is 0.273. The molecule has 0 aliphatic heterocycles. The number of thiol groups is 1. The van der Waals surface area contributed by atoms with Crippen molar-refractivity contribution >= 4 is 34.5 Å². The first-order valence-corrected chi connectivity index (χ1v) is 6.20. The Hall–Kier alpha value is -0.990. The molecule has 0 heterocycles. The van der Waals surface area contributed by atoms with Crippen LogP contribution >= 0.6 is 28.6 Å². The number of esters is 1. The molecule has 1 aromatic rings. The summed E-state index contributed by atoms with van der Waals surface area (Å²) >= 11 is 7.53. The SMILES string of the molecule is CCOC(=O)c1ccc(CBr)c(S)c1C#N. The minimum absolute atomic E-state index is 0.263. The van der Waals surface area contributed by atoms with E-state index < -0.39 is 5.97 Å². The molecule has 0 atom stereocenters. The lowest BCUT2D eigenvalue weighted by atomic mass is 10.1. The van der Waals surface area contributed by atoms with Crippen LogP contribution in [0.4, 0.5) is 0 Å². The molecular weight excluding hydrogens is 290 g/mol. The van der Waals surface area contributed by atoms with Gasteiger partial charge in [0.2, 0.25) is 0 Å². The van der Waals surface area contributed by atoms with Gasteiger partial charge in [-0.3, -0.25) is 0 Å². The smallest absolute Gasteiger partial charge is 0.339 e. The second-order valence-corrected chi connectivity index (χ2v) is 3.97. The van der Waals surface area contributed by atoms with E-state index >= 15 is 0 Å². The summed E-state index contributed by atoms with van der Waals surface area (Å²) < 4.78 is 4.86. The van der Waals surface area contributed by atoms with E-state index in [2.05, 4.69) is 28.6 Å².